The van der Waals surface area contributed by atoms with Gasteiger partial charge in [-0.05, 0) is 74.6 Å². The lowest BCUT2D eigenvalue weighted by atomic mass is 9.48. The van der Waals surface area contributed by atoms with Crippen molar-refractivity contribution < 1.29 is 37.7 Å². The molecular formula is C21H23F2NO6. The Hall–Kier alpha value is -2.55. The minimum absolute atomic E-state index is 0.0691. The number of carbonyl (C=O) groups is 3. The van der Waals surface area contributed by atoms with Gasteiger partial charge >= 0.3 is 12.6 Å². The number of aliphatic hydroxyl groups is 1. The topological polar surface area (TPSA) is 102 Å². The molecule has 4 aliphatic rings. The predicted molar refractivity (Wildman–Crippen MR) is 98.6 cm³/mol. The van der Waals surface area contributed by atoms with Gasteiger partial charge in [0.1, 0.15) is 5.75 Å². The number of esters is 1. The molecule has 4 aliphatic carbocycles. The third-order valence-corrected chi connectivity index (χ3v) is 6.39. The Morgan fingerprint density at radius 3 is 2.30 bits per heavy atom. The van der Waals surface area contributed by atoms with Crippen LogP contribution >= 0.6 is 0 Å². The van der Waals surface area contributed by atoms with E-state index in [1.54, 1.807) is 0 Å². The van der Waals surface area contributed by atoms with Gasteiger partial charge in [-0.15, -0.1) is 0 Å². The van der Waals surface area contributed by atoms with Gasteiger partial charge in [0.2, 0.25) is 0 Å². The fourth-order valence-electron chi connectivity index (χ4n) is 5.76. The quantitative estimate of drug-likeness (QED) is 0.682. The fraction of sp³-hybridized carbons (Fsp3) is 0.571. The highest BCUT2D eigenvalue weighted by atomic mass is 19.3. The summed E-state index contributed by atoms with van der Waals surface area (Å²) in [7, 11) is 0. The second-order valence-electron chi connectivity index (χ2n) is 8.82. The number of halogens is 2. The summed E-state index contributed by atoms with van der Waals surface area (Å²) in [5.41, 5.74) is -1.50. The summed E-state index contributed by atoms with van der Waals surface area (Å²) >= 11 is 0. The molecule has 0 spiro atoms. The minimum atomic E-state index is -2.98. The Morgan fingerprint density at radius 1 is 1.10 bits per heavy atom. The maximum Gasteiger partial charge on any atom is 0.387 e. The number of imide groups is 1. The standard InChI is InChI=1S/C21H23F2NO6/c22-19(23)30-15-3-1-14(2-4-15)17(26)24-16(25)10-29-18(27)20-6-12-5-13(7-20)9-21(28,8-12)11-20/h1-4,12-13,19,28H,5-11H2,(H,24,25,26). The van der Waals surface area contributed by atoms with Crippen molar-refractivity contribution in [2.75, 3.05) is 6.61 Å². The monoisotopic (exact) mass is 423 g/mol. The molecule has 5 rings (SSSR count). The van der Waals surface area contributed by atoms with Crippen LogP contribution in [0.4, 0.5) is 8.78 Å². The molecule has 0 aromatic heterocycles. The van der Waals surface area contributed by atoms with E-state index in [2.05, 4.69) is 10.1 Å². The number of benzene rings is 1. The molecule has 4 bridgehead atoms. The van der Waals surface area contributed by atoms with Crippen molar-refractivity contribution >= 4 is 17.8 Å². The molecule has 2 atom stereocenters. The van der Waals surface area contributed by atoms with Gasteiger partial charge in [-0.2, -0.15) is 8.78 Å². The molecule has 2 amide bonds. The summed E-state index contributed by atoms with van der Waals surface area (Å²) in [4.78, 5) is 36.9. The second-order valence-corrected chi connectivity index (χ2v) is 8.82. The van der Waals surface area contributed by atoms with E-state index in [0.29, 0.717) is 43.9 Å². The molecular weight excluding hydrogens is 400 g/mol. The molecule has 1 aromatic carbocycles. The number of rotatable bonds is 6. The zero-order chi connectivity index (χ0) is 21.5. The average Bonchev–Trinajstić information content (AvgIpc) is 2.64. The Labute approximate surface area is 171 Å². The van der Waals surface area contributed by atoms with Crippen LogP contribution in [0.25, 0.3) is 0 Å². The lowest BCUT2D eigenvalue weighted by Crippen LogP contribution is -2.58. The van der Waals surface area contributed by atoms with E-state index in [9.17, 15) is 28.3 Å². The van der Waals surface area contributed by atoms with Gasteiger partial charge in [-0.1, -0.05) is 0 Å². The number of alkyl halides is 2. The molecule has 4 saturated carbocycles. The second kappa shape index (κ2) is 7.61. The summed E-state index contributed by atoms with van der Waals surface area (Å²) in [5.74, 6) is -1.54. The van der Waals surface area contributed by atoms with Crippen molar-refractivity contribution in [3.05, 3.63) is 29.8 Å². The minimum Gasteiger partial charge on any atom is -0.455 e. The first kappa shape index (κ1) is 20.7. The summed E-state index contributed by atoms with van der Waals surface area (Å²) in [6.07, 6.45) is 4.15. The molecule has 2 N–H and O–H groups in total. The normalized spacial score (nSPS) is 31.5. The van der Waals surface area contributed by atoms with Crippen LogP contribution in [0.5, 0.6) is 5.75 Å². The first-order valence-corrected chi connectivity index (χ1v) is 9.95. The highest BCUT2D eigenvalue weighted by Gasteiger charge is 2.60. The van der Waals surface area contributed by atoms with Gasteiger partial charge in [0.25, 0.3) is 11.8 Å². The van der Waals surface area contributed by atoms with Gasteiger partial charge in [-0.3, -0.25) is 19.7 Å². The van der Waals surface area contributed by atoms with Crippen LogP contribution in [-0.2, 0) is 14.3 Å². The molecule has 0 heterocycles. The number of amides is 2. The smallest absolute Gasteiger partial charge is 0.387 e. The molecule has 0 aliphatic heterocycles. The van der Waals surface area contributed by atoms with E-state index in [1.807, 2.05) is 0 Å². The highest BCUT2D eigenvalue weighted by Crippen LogP contribution is 2.61. The first-order chi connectivity index (χ1) is 14.2. The van der Waals surface area contributed by atoms with Crippen LogP contribution in [0.2, 0.25) is 0 Å². The van der Waals surface area contributed by atoms with Gasteiger partial charge < -0.3 is 14.6 Å². The third-order valence-electron chi connectivity index (χ3n) is 6.39. The molecule has 30 heavy (non-hydrogen) atoms. The molecule has 162 valence electrons. The number of hydrogen-bond acceptors (Lipinski definition) is 6. The average molecular weight is 423 g/mol. The van der Waals surface area contributed by atoms with E-state index in [-0.39, 0.29) is 11.3 Å². The summed E-state index contributed by atoms with van der Waals surface area (Å²) in [5, 5.41) is 12.8. The molecule has 7 nitrogen and oxygen atoms in total. The fourth-order valence-corrected chi connectivity index (χ4v) is 5.76. The Morgan fingerprint density at radius 2 is 1.73 bits per heavy atom. The molecule has 9 heteroatoms. The molecule has 0 saturated heterocycles. The maximum absolute atomic E-state index is 12.8. The van der Waals surface area contributed by atoms with E-state index >= 15 is 0 Å². The van der Waals surface area contributed by atoms with Crippen LogP contribution in [-0.4, -0.2) is 41.7 Å². The van der Waals surface area contributed by atoms with Crippen LogP contribution in [0.15, 0.2) is 24.3 Å². The Bertz CT molecular complexity index is 842. The Kier molecular flexibility index (Phi) is 5.25. The summed E-state index contributed by atoms with van der Waals surface area (Å²) < 4.78 is 33.7. The van der Waals surface area contributed by atoms with Crippen molar-refractivity contribution in [3.8, 4) is 5.75 Å². The highest BCUT2D eigenvalue weighted by molar-refractivity contribution is 6.05. The lowest BCUT2D eigenvalue weighted by Gasteiger charge is -2.58. The van der Waals surface area contributed by atoms with Crippen LogP contribution < -0.4 is 10.1 Å². The zero-order valence-corrected chi connectivity index (χ0v) is 16.2. The lowest BCUT2D eigenvalue weighted by molar-refractivity contribution is -0.196. The number of hydrogen-bond donors (Lipinski definition) is 2. The molecule has 4 fully saturated rings. The summed E-state index contributed by atoms with van der Waals surface area (Å²) in [6, 6.07) is 4.84. The van der Waals surface area contributed by atoms with Crippen LogP contribution in [0.1, 0.15) is 48.9 Å². The first-order valence-electron chi connectivity index (χ1n) is 9.95. The van der Waals surface area contributed by atoms with Crippen molar-refractivity contribution in [3.63, 3.8) is 0 Å². The number of nitrogens with one attached hydrogen (secondary N) is 1. The molecule has 2 unspecified atom stereocenters. The van der Waals surface area contributed by atoms with E-state index in [1.165, 1.54) is 24.3 Å². The van der Waals surface area contributed by atoms with Crippen molar-refractivity contribution in [2.45, 2.75) is 50.7 Å². The van der Waals surface area contributed by atoms with Gasteiger partial charge in [0, 0.05) is 5.56 Å². The van der Waals surface area contributed by atoms with E-state index in [4.69, 9.17) is 4.74 Å². The van der Waals surface area contributed by atoms with Crippen LogP contribution in [0.3, 0.4) is 0 Å². The van der Waals surface area contributed by atoms with Crippen molar-refractivity contribution in [1.29, 1.82) is 0 Å². The van der Waals surface area contributed by atoms with Crippen molar-refractivity contribution in [2.24, 2.45) is 17.3 Å². The molecule has 1 aromatic rings. The van der Waals surface area contributed by atoms with Crippen molar-refractivity contribution in [1.82, 2.24) is 5.32 Å². The molecule has 0 radical (unpaired) electrons. The largest absolute Gasteiger partial charge is 0.455 e. The SMILES string of the molecule is O=C(COC(=O)C12CC3CC(CC(O)(C3)C1)C2)NC(=O)c1ccc(OC(F)F)cc1. The predicted octanol–water partition coefficient (Wildman–Crippen LogP) is 2.42. The number of carbonyl (C=O) groups excluding carboxylic acids is 3. The summed E-state index contributed by atoms with van der Waals surface area (Å²) in [6.45, 7) is -3.58. The van der Waals surface area contributed by atoms with Crippen LogP contribution in [0, 0.1) is 17.3 Å². The van der Waals surface area contributed by atoms with Gasteiger partial charge in [0.15, 0.2) is 6.61 Å². The maximum atomic E-state index is 12.8. The third kappa shape index (κ3) is 4.16. The van der Waals surface area contributed by atoms with E-state index < -0.39 is 42.0 Å². The van der Waals surface area contributed by atoms with E-state index in [0.717, 1.165) is 6.42 Å². The number of ether oxygens (including phenoxy) is 2. The van der Waals surface area contributed by atoms with Gasteiger partial charge in [0.05, 0.1) is 11.0 Å². The zero-order valence-electron chi connectivity index (χ0n) is 16.2. The Balaban J connectivity index is 1.29. The van der Waals surface area contributed by atoms with Gasteiger partial charge in [-0.25, -0.2) is 0 Å².